The average Bonchev–Trinajstić information content (AvgIpc) is 3.01. The third-order valence-corrected chi connectivity index (χ3v) is 4.06. The van der Waals surface area contributed by atoms with Crippen LogP contribution in [0.1, 0.15) is 25.3 Å². The average molecular weight is 291 g/mol. The maximum absolute atomic E-state index is 12.0. The molecule has 1 fully saturated rings. The molecule has 0 spiro atoms. The summed E-state index contributed by atoms with van der Waals surface area (Å²) in [6.45, 7) is 5.02. The summed E-state index contributed by atoms with van der Waals surface area (Å²) in [7, 11) is 0. The van der Waals surface area contributed by atoms with Crippen molar-refractivity contribution in [3.8, 4) is 5.75 Å². The topological polar surface area (TPSA) is 78.6 Å². The van der Waals surface area contributed by atoms with Gasteiger partial charge in [-0.05, 0) is 57.0 Å². The number of hydrogen-bond donors (Lipinski definition) is 3. The van der Waals surface area contributed by atoms with Crippen LogP contribution in [0.4, 0.5) is 0 Å². The normalized spacial score (nSPS) is 18.4. The lowest BCUT2D eigenvalue weighted by Gasteiger charge is -2.24. The van der Waals surface area contributed by atoms with Crippen molar-refractivity contribution in [2.24, 2.45) is 5.73 Å². The number of phenols is 1. The highest BCUT2D eigenvalue weighted by Crippen LogP contribution is 2.12. The molecule has 1 aromatic rings. The highest BCUT2D eigenvalue weighted by atomic mass is 16.3. The molecule has 1 saturated heterocycles. The largest absolute Gasteiger partial charge is 0.508 e. The molecule has 0 aromatic heterocycles. The van der Waals surface area contributed by atoms with Gasteiger partial charge in [-0.15, -0.1) is 0 Å². The first kappa shape index (κ1) is 15.8. The molecule has 1 aromatic carbocycles. The number of carbonyl (C=O) groups is 1. The number of aromatic hydroxyl groups is 1. The Hall–Kier alpha value is -1.59. The van der Waals surface area contributed by atoms with Crippen molar-refractivity contribution < 1.29 is 9.90 Å². The van der Waals surface area contributed by atoms with Crippen LogP contribution in [0, 0.1) is 0 Å². The Morgan fingerprint density at radius 1 is 1.33 bits per heavy atom. The number of nitrogens with one attached hydrogen (secondary N) is 1. The summed E-state index contributed by atoms with van der Waals surface area (Å²) < 4.78 is 0. The van der Waals surface area contributed by atoms with Gasteiger partial charge in [-0.1, -0.05) is 12.1 Å². The Labute approximate surface area is 126 Å². The van der Waals surface area contributed by atoms with Gasteiger partial charge in [0.05, 0.1) is 6.04 Å². The van der Waals surface area contributed by atoms with E-state index >= 15 is 0 Å². The van der Waals surface area contributed by atoms with Crippen molar-refractivity contribution in [1.82, 2.24) is 10.2 Å². The van der Waals surface area contributed by atoms with Crippen LogP contribution in [0.25, 0.3) is 0 Å². The lowest BCUT2D eigenvalue weighted by molar-refractivity contribution is -0.122. The number of amides is 1. The number of nitrogens with two attached hydrogens (primary N) is 1. The van der Waals surface area contributed by atoms with Gasteiger partial charge in [-0.3, -0.25) is 9.69 Å². The van der Waals surface area contributed by atoms with Crippen LogP contribution in [-0.2, 0) is 11.2 Å². The standard InChI is InChI=1S/C16H25N3O2/c1-12(19-8-2-3-9-19)11-18-16(21)15(17)10-13-4-6-14(20)7-5-13/h4-7,12,15,20H,2-3,8-11,17H2,1H3,(H,18,21)/t12?,15-/m0/s1. The van der Waals surface area contributed by atoms with Gasteiger partial charge >= 0.3 is 0 Å². The maximum Gasteiger partial charge on any atom is 0.237 e. The smallest absolute Gasteiger partial charge is 0.237 e. The maximum atomic E-state index is 12.0. The lowest BCUT2D eigenvalue weighted by atomic mass is 10.1. The summed E-state index contributed by atoms with van der Waals surface area (Å²) in [5.74, 6) is 0.102. The van der Waals surface area contributed by atoms with Crippen LogP contribution >= 0.6 is 0 Å². The van der Waals surface area contributed by atoms with Crippen molar-refractivity contribution in [2.45, 2.75) is 38.3 Å². The van der Waals surface area contributed by atoms with Gasteiger partial charge in [-0.2, -0.15) is 0 Å². The molecule has 1 unspecified atom stereocenters. The molecule has 1 heterocycles. The Morgan fingerprint density at radius 3 is 2.57 bits per heavy atom. The molecule has 1 aliphatic rings. The third-order valence-electron chi connectivity index (χ3n) is 4.06. The predicted molar refractivity (Wildman–Crippen MR) is 83.1 cm³/mol. The van der Waals surface area contributed by atoms with Crippen LogP contribution in [0.2, 0.25) is 0 Å². The van der Waals surface area contributed by atoms with E-state index < -0.39 is 6.04 Å². The number of nitrogens with zero attached hydrogens (tertiary/aromatic N) is 1. The fourth-order valence-electron chi connectivity index (χ4n) is 2.67. The molecule has 4 N–H and O–H groups in total. The minimum Gasteiger partial charge on any atom is -0.508 e. The van der Waals surface area contributed by atoms with E-state index in [2.05, 4.69) is 17.1 Å². The number of benzene rings is 1. The third kappa shape index (κ3) is 4.72. The summed E-state index contributed by atoms with van der Waals surface area (Å²) in [6, 6.07) is 6.59. The second kappa shape index (κ2) is 7.43. The molecule has 0 radical (unpaired) electrons. The molecule has 2 atom stereocenters. The zero-order valence-electron chi connectivity index (χ0n) is 12.6. The number of phenolic OH excluding ortho intramolecular Hbond substituents is 1. The van der Waals surface area contributed by atoms with Crippen LogP contribution in [-0.4, -0.2) is 47.6 Å². The fourth-order valence-corrected chi connectivity index (χ4v) is 2.67. The van der Waals surface area contributed by atoms with Gasteiger partial charge in [-0.25, -0.2) is 0 Å². The van der Waals surface area contributed by atoms with E-state index in [1.807, 2.05) is 0 Å². The van der Waals surface area contributed by atoms with Crippen LogP contribution in [0.3, 0.4) is 0 Å². The van der Waals surface area contributed by atoms with Crippen molar-refractivity contribution in [2.75, 3.05) is 19.6 Å². The number of carbonyl (C=O) groups excluding carboxylic acids is 1. The SMILES string of the molecule is CC(CNC(=O)[C@@H](N)Cc1ccc(O)cc1)N1CCCC1. The molecule has 5 heteroatoms. The van der Waals surface area contributed by atoms with Gasteiger partial charge in [0.1, 0.15) is 5.75 Å². The second-order valence-corrected chi connectivity index (χ2v) is 5.81. The first-order chi connectivity index (χ1) is 10.1. The van der Waals surface area contributed by atoms with Crippen molar-refractivity contribution in [3.63, 3.8) is 0 Å². The summed E-state index contributed by atoms with van der Waals surface area (Å²) in [5.41, 5.74) is 6.89. The molecule has 2 rings (SSSR count). The van der Waals surface area contributed by atoms with Crippen molar-refractivity contribution in [1.29, 1.82) is 0 Å². The Bertz CT molecular complexity index is 455. The molecule has 1 amide bonds. The zero-order chi connectivity index (χ0) is 15.2. The van der Waals surface area contributed by atoms with E-state index in [1.165, 1.54) is 12.8 Å². The summed E-state index contributed by atoms with van der Waals surface area (Å²) in [5, 5.41) is 12.2. The van der Waals surface area contributed by atoms with Crippen LogP contribution in [0.5, 0.6) is 5.75 Å². The first-order valence-corrected chi connectivity index (χ1v) is 7.61. The Morgan fingerprint density at radius 2 is 1.95 bits per heavy atom. The predicted octanol–water partition coefficient (Wildman–Crippen LogP) is 0.862. The van der Waals surface area contributed by atoms with E-state index in [4.69, 9.17) is 5.73 Å². The summed E-state index contributed by atoms with van der Waals surface area (Å²) >= 11 is 0. The summed E-state index contributed by atoms with van der Waals surface area (Å²) in [4.78, 5) is 14.4. The summed E-state index contributed by atoms with van der Waals surface area (Å²) in [6.07, 6.45) is 2.97. The number of likely N-dealkylation sites (tertiary alicyclic amines) is 1. The van der Waals surface area contributed by atoms with E-state index in [0.717, 1.165) is 18.7 Å². The molecular formula is C16H25N3O2. The highest BCUT2D eigenvalue weighted by molar-refractivity contribution is 5.81. The Balaban J connectivity index is 1.75. The van der Waals surface area contributed by atoms with Crippen LogP contribution in [0.15, 0.2) is 24.3 Å². The first-order valence-electron chi connectivity index (χ1n) is 7.61. The molecule has 0 aliphatic carbocycles. The van der Waals surface area contributed by atoms with Crippen molar-refractivity contribution >= 4 is 5.91 Å². The van der Waals surface area contributed by atoms with E-state index in [-0.39, 0.29) is 11.7 Å². The monoisotopic (exact) mass is 291 g/mol. The van der Waals surface area contributed by atoms with E-state index in [0.29, 0.717) is 19.0 Å². The lowest BCUT2D eigenvalue weighted by Crippen LogP contribution is -2.47. The van der Waals surface area contributed by atoms with Gasteiger partial charge in [0.2, 0.25) is 5.91 Å². The van der Waals surface area contributed by atoms with Crippen molar-refractivity contribution in [3.05, 3.63) is 29.8 Å². The van der Waals surface area contributed by atoms with Crippen LogP contribution < -0.4 is 11.1 Å². The Kier molecular flexibility index (Phi) is 5.59. The zero-order valence-corrected chi connectivity index (χ0v) is 12.6. The molecular weight excluding hydrogens is 266 g/mol. The molecule has 5 nitrogen and oxygen atoms in total. The van der Waals surface area contributed by atoms with Gasteiger partial charge in [0.15, 0.2) is 0 Å². The minimum atomic E-state index is -0.555. The minimum absolute atomic E-state index is 0.117. The number of hydrogen-bond acceptors (Lipinski definition) is 4. The fraction of sp³-hybridized carbons (Fsp3) is 0.562. The number of rotatable bonds is 6. The molecule has 0 saturated carbocycles. The highest BCUT2D eigenvalue weighted by Gasteiger charge is 2.20. The van der Waals surface area contributed by atoms with E-state index in [1.54, 1.807) is 24.3 Å². The van der Waals surface area contributed by atoms with Gasteiger partial charge < -0.3 is 16.2 Å². The molecule has 0 bridgehead atoms. The van der Waals surface area contributed by atoms with Gasteiger partial charge in [0.25, 0.3) is 0 Å². The molecule has 21 heavy (non-hydrogen) atoms. The van der Waals surface area contributed by atoms with E-state index in [9.17, 15) is 9.90 Å². The quantitative estimate of drug-likeness (QED) is 0.726. The molecule has 116 valence electrons. The molecule has 1 aliphatic heterocycles. The van der Waals surface area contributed by atoms with Gasteiger partial charge in [0, 0.05) is 12.6 Å². The second-order valence-electron chi connectivity index (χ2n) is 5.81.